The van der Waals surface area contributed by atoms with Gasteiger partial charge in [-0.05, 0) is 188 Å². The molecule has 0 bridgehead atoms. The van der Waals surface area contributed by atoms with Gasteiger partial charge in [-0.1, -0.05) is 189 Å². The van der Waals surface area contributed by atoms with E-state index in [9.17, 15) is 0 Å². The number of oxazole rings is 2. The van der Waals surface area contributed by atoms with Crippen LogP contribution in [-0.2, 0) is 0 Å². The highest BCUT2D eigenvalue weighted by Gasteiger charge is 2.38. The minimum atomic E-state index is 0. The van der Waals surface area contributed by atoms with E-state index in [0.29, 0.717) is 34.0 Å². The zero-order valence-electron chi connectivity index (χ0n) is 62.7. The molecule has 0 radical (unpaired) electrons. The van der Waals surface area contributed by atoms with Crippen LogP contribution in [0.2, 0.25) is 0 Å². The summed E-state index contributed by atoms with van der Waals surface area (Å²) in [6.07, 6.45) is 0. The summed E-state index contributed by atoms with van der Waals surface area (Å²) in [5.74, 6) is 8.09. The number of hydrogen-bond donors (Lipinski definition) is 0. The van der Waals surface area contributed by atoms with Gasteiger partial charge in [0.05, 0.1) is 67.2 Å². The number of anilines is 9. The van der Waals surface area contributed by atoms with Crippen LogP contribution in [-0.4, -0.2) is 43.0 Å². The molecule has 9 heterocycles. The molecular weight excluding hydrogens is 1470 g/mol. The molecule has 0 fully saturated rings. The van der Waals surface area contributed by atoms with E-state index < -0.39 is 0 Å². The Morgan fingerprint density at radius 1 is 0.244 bits per heavy atom. The molecule has 119 heavy (non-hydrogen) atoms. The average molecular weight is 1540 g/mol. The molecule has 0 N–H and O–H groups in total. The van der Waals surface area contributed by atoms with Gasteiger partial charge in [-0.15, -0.1) is 0 Å². The standard InChI is InChI=1S/C51H31N7O2.C50H31N5O3.CH4/c1-4-18-32(19-5-1)49-53-43-45(55(49)34-22-8-3-9-23-34)46(56-39-28-14-16-30-41(39)59-42-31-17-15-29-40(42)56)44-48(60-50(54-44)33-20-6-2-7-21-33)47(43)58-38-27-13-12-26-37(38)57-36-25-11-10-24-35(36)52-51(57)58;1-2-12-34(13-3-1)55-43-30-38-48(58-50(52-38)33-24-28-36(29-25-33)54-41-16-6-10-20-46(41)57-47-21-11-7-17-42(47)54)31-37(43)51-49(55)32-22-26-35(27-23-32)53-39-14-4-8-18-44(39)56-45-19-9-5-15-40(45)53;/h1-31H;1-31H;1H4. The van der Waals surface area contributed by atoms with Gasteiger partial charge >= 0.3 is 0 Å². The van der Waals surface area contributed by atoms with Crippen molar-refractivity contribution in [2.45, 2.75) is 7.43 Å². The topological polar surface area (TPSA) is 147 Å². The molecule has 0 aliphatic carbocycles. The molecule has 0 saturated carbocycles. The van der Waals surface area contributed by atoms with Crippen LogP contribution in [0.5, 0.6) is 34.5 Å². The minimum absolute atomic E-state index is 0. The highest BCUT2D eigenvalue weighted by molar-refractivity contribution is 6.18. The Morgan fingerprint density at radius 3 is 1.19 bits per heavy atom. The fourth-order valence-corrected chi connectivity index (χ4v) is 17.0. The van der Waals surface area contributed by atoms with E-state index in [1.54, 1.807) is 0 Å². The van der Waals surface area contributed by atoms with Crippen molar-refractivity contribution >= 4 is 123 Å². The van der Waals surface area contributed by atoms with Crippen molar-refractivity contribution in [3.8, 4) is 97.2 Å². The van der Waals surface area contributed by atoms with Gasteiger partial charge < -0.3 is 32.8 Å². The van der Waals surface area contributed by atoms with Gasteiger partial charge in [0.15, 0.2) is 45.7 Å². The first-order chi connectivity index (χ1) is 58.5. The normalized spacial score (nSPS) is 12.5. The van der Waals surface area contributed by atoms with Gasteiger partial charge in [0.1, 0.15) is 45.1 Å². The summed E-state index contributed by atoms with van der Waals surface area (Å²) in [7, 11) is 0. The first-order valence-corrected chi connectivity index (χ1v) is 39.0. The molecule has 0 unspecified atom stereocenters. The van der Waals surface area contributed by atoms with Crippen LogP contribution < -0.4 is 28.9 Å². The number of rotatable bonds is 10. The van der Waals surface area contributed by atoms with Gasteiger partial charge in [0.2, 0.25) is 17.6 Å². The van der Waals surface area contributed by atoms with Crippen molar-refractivity contribution in [1.82, 2.24) is 43.0 Å². The molecule has 0 amide bonds. The van der Waals surface area contributed by atoms with Crippen molar-refractivity contribution in [2.24, 2.45) is 0 Å². The molecular formula is C102H66N12O5. The van der Waals surface area contributed by atoms with E-state index >= 15 is 0 Å². The summed E-state index contributed by atoms with van der Waals surface area (Å²) in [6.45, 7) is 0. The maximum atomic E-state index is 7.18. The lowest BCUT2D eigenvalue weighted by Gasteiger charge is -2.33. The Morgan fingerprint density at radius 2 is 0.655 bits per heavy atom. The maximum absolute atomic E-state index is 7.18. The van der Waals surface area contributed by atoms with Crippen molar-refractivity contribution in [3.05, 3.63) is 376 Å². The number of benzene rings is 16. The monoisotopic (exact) mass is 1540 g/mol. The highest BCUT2D eigenvalue weighted by atomic mass is 16.5. The Bertz CT molecular complexity index is 7610. The Kier molecular flexibility index (Phi) is 15.7. The van der Waals surface area contributed by atoms with Crippen LogP contribution in [0.1, 0.15) is 7.43 Å². The molecule has 6 aromatic heterocycles. The molecule has 22 aromatic rings. The number of ether oxygens (including phenoxy) is 3. The lowest BCUT2D eigenvalue weighted by atomic mass is 10.1. The van der Waals surface area contributed by atoms with Crippen LogP contribution in [0.3, 0.4) is 0 Å². The fourth-order valence-electron chi connectivity index (χ4n) is 17.0. The summed E-state index contributed by atoms with van der Waals surface area (Å²) < 4.78 is 41.6. The van der Waals surface area contributed by atoms with Gasteiger partial charge in [-0.3, -0.25) is 23.0 Å². The second-order valence-corrected chi connectivity index (χ2v) is 29.1. The third-order valence-corrected chi connectivity index (χ3v) is 22.2. The molecule has 17 nitrogen and oxygen atoms in total. The van der Waals surface area contributed by atoms with Crippen molar-refractivity contribution in [3.63, 3.8) is 0 Å². The molecule has 17 heteroatoms. The number of aromatic nitrogens is 9. The molecule has 3 aliphatic heterocycles. The van der Waals surface area contributed by atoms with Crippen LogP contribution in [0.25, 0.3) is 135 Å². The molecule has 0 atom stereocenters. The largest absolute Gasteiger partial charge is 0.453 e. The number of imidazole rings is 4. The Balaban J connectivity index is 0.000000138. The fraction of sp³-hybridized carbons (Fsp3) is 0.00980. The van der Waals surface area contributed by atoms with E-state index in [-0.39, 0.29) is 7.43 Å². The van der Waals surface area contributed by atoms with Crippen molar-refractivity contribution in [1.29, 1.82) is 0 Å². The van der Waals surface area contributed by atoms with E-state index in [1.807, 2.05) is 182 Å². The number of fused-ring (bicyclic) bond motifs is 15. The quantitative estimate of drug-likeness (QED) is 0.128. The van der Waals surface area contributed by atoms with Gasteiger partial charge in [0, 0.05) is 51.1 Å². The zero-order chi connectivity index (χ0) is 77.5. The molecule has 16 aromatic carbocycles. The van der Waals surface area contributed by atoms with E-state index in [4.69, 9.17) is 48.0 Å². The van der Waals surface area contributed by atoms with E-state index in [1.165, 1.54) is 0 Å². The minimum Gasteiger partial charge on any atom is -0.453 e. The molecule has 0 spiro atoms. The second kappa shape index (κ2) is 27.4. The molecule has 25 rings (SSSR count). The third kappa shape index (κ3) is 10.9. The number of nitrogens with zero attached hydrogens (tertiary/aromatic N) is 12. The van der Waals surface area contributed by atoms with E-state index in [0.717, 1.165) is 187 Å². The predicted molar refractivity (Wildman–Crippen MR) is 473 cm³/mol. The molecule has 564 valence electrons. The summed E-state index contributed by atoms with van der Waals surface area (Å²) in [4.78, 5) is 33.5. The first kappa shape index (κ1) is 68.1. The Hall–Kier alpha value is -16.5. The van der Waals surface area contributed by atoms with E-state index in [2.05, 4.69) is 227 Å². The van der Waals surface area contributed by atoms with Crippen LogP contribution >= 0.6 is 0 Å². The van der Waals surface area contributed by atoms with Gasteiger partial charge in [-0.25, -0.2) is 24.9 Å². The lowest BCUT2D eigenvalue weighted by molar-refractivity contribution is 0.477. The average Bonchev–Trinajstić information content (AvgIpc) is 1.53. The van der Waals surface area contributed by atoms with Crippen molar-refractivity contribution in [2.75, 3.05) is 14.7 Å². The zero-order valence-corrected chi connectivity index (χ0v) is 62.7. The predicted octanol–water partition coefficient (Wildman–Crippen LogP) is 27.1. The summed E-state index contributed by atoms with van der Waals surface area (Å²) in [5, 5.41) is 0. The first-order valence-electron chi connectivity index (χ1n) is 39.0. The number of hydrogen-bond acceptors (Lipinski definition) is 13. The molecule has 0 saturated heterocycles. The van der Waals surface area contributed by atoms with Gasteiger partial charge in [-0.2, -0.15) is 0 Å². The van der Waals surface area contributed by atoms with Crippen LogP contribution in [0.4, 0.5) is 51.2 Å². The summed E-state index contributed by atoms with van der Waals surface area (Å²) in [5.41, 5.74) is 24.7. The van der Waals surface area contributed by atoms with Gasteiger partial charge in [0.25, 0.3) is 0 Å². The highest BCUT2D eigenvalue weighted by Crippen LogP contribution is 2.58. The molecule has 3 aliphatic rings. The second-order valence-electron chi connectivity index (χ2n) is 29.1. The Labute approximate surface area is 680 Å². The third-order valence-electron chi connectivity index (χ3n) is 22.2. The summed E-state index contributed by atoms with van der Waals surface area (Å²) in [6, 6.07) is 128. The lowest BCUT2D eigenvalue weighted by Crippen LogP contribution is -2.17. The van der Waals surface area contributed by atoms with Crippen LogP contribution in [0.15, 0.2) is 385 Å². The number of para-hydroxylation sites is 18. The van der Waals surface area contributed by atoms with Crippen LogP contribution in [0, 0.1) is 0 Å². The smallest absolute Gasteiger partial charge is 0.227 e. The maximum Gasteiger partial charge on any atom is 0.227 e. The SMILES string of the molecule is C.c1ccc(-c2nc3c(N4c5ccccc5Oc5ccccc54)c4c(nc(-c5ccccc5)n4-c4ccccc4)c(-n4c5ccccc5n5c6ccccc6nc45)c3o2)cc1.c1ccc(-n2c(-c3ccc(N4c5ccccc5Oc5ccccc54)cc3)nc3cc4oc(-c5ccc(N6c7ccccc7Oc7ccccc76)cc5)nc4cc32)cc1. The van der Waals surface area contributed by atoms with Crippen molar-refractivity contribution < 1.29 is 23.0 Å². The summed E-state index contributed by atoms with van der Waals surface area (Å²) >= 11 is 0.